The highest BCUT2D eigenvalue weighted by Gasteiger charge is 2.30. The van der Waals surface area contributed by atoms with Crippen molar-refractivity contribution in [1.82, 2.24) is 14.8 Å². The third-order valence-electron chi connectivity index (χ3n) is 6.20. The largest absolute Gasteiger partial charge is 0.360 e. The molecule has 2 aliphatic heterocycles. The average Bonchev–Trinajstić information content (AvgIpc) is 3.37. The van der Waals surface area contributed by atoms with E-state index in [0.29, 0.717) is 12.5 Å². The van der Waals surface area contributed by atoms with Crippen molar-refractivity contribution in [2.75, 3.05) is 32.7 Å². The van der Waals surface area contributed by atoms with E-state index < -0.39 is 0 Å². The van der Waals surface area contributed by atoms with Crippen molar-refractivity contribution >= 4 is 22.6 Å². The number of carbonyl (C=O) groups excluding carboxylic acids is 2. The van der Waals surface area contributed by atoms with Crippen LogP contribution in [0.15, 0.2) is 24.4 Å². The molecule has 5 heteroatoms. The minimum atomic E-state index is 0.148. The van der Waals surface area contributed by atoms with Crippen molar-refractivity contribution in [2.24, 2.45) is 5.92 Å². The van der Waals surface area contributed by atoms with Crippen molar-refractivity contribution in [3.63, 3.8) is 0 Å². The van der Waals surface area contributed by atoms with Crippen LogP contribution >= 0.6 is 0 Å². The van der Waals surface area contributed by atoms with Crippen molar-refractivity contribution in [3.8, 4) is 0 Å². The summed E-state index contributed by atoms with van der Waals surface area (Å²) in [4.78, 5) is 33.0. The lowest BCUT2D eigenvalue weighted by Crippen LogP contribution is -2.43. The van der Waals surface area contributed by atoms with Gasteiger partial charge < -0.3 is 9.88 Å². The van der Waals surface area contributed by atoms with Crippen LogP contribution in [0.3, 0.4) is 0 Å². The second-order valence-corrected chi connectivity index (χ2v) is 7.90. The SMILES string of the molecule is CCc1cccc2c(C(=O)CN3CCC(C(=O)N4CCCC4)CC3)c[nH]c12. The molecule has 0 aliphatic carbocycles. The smallest absolute Gasteiger partial charge is 0.225 e. The molecule has 0 bridgehead atoms. The molecule has 0 unspecified atom stereocenters. The van der Waals surface area contributed by atoms with Gasteiger partial charge in [0, 0.05) is 41.7 Å². The fraction of sp³-hybridized carbons (Fsp3) is 0.545. The number of Topliss-reactive ketones (excluding diaryl/α,β-unsaturated/α-hetero) is 1. The van der Waals surface area contributed by atoms with E-state index in [1.54, 1.807) is 0 Å². The van der Waals surface area contributed by atoms with Crippen molar-refractivity contribution in [1.29, 1.82) is 0 Å². The van der Waals surface area contributed by atoms with Gasteiger partial charge in [0.1, 0.15) is 0 Å². The number of likely N-dealkylation sites (tertiary alicyclic amines) is 2. The van der Waals surface area contributed by atoms with Crippen LogP contribution in [0.1, 0.15) is 48.5 Å². The molecular weight excluding hydrogens is 338 g/mol. The van der Waals surface area contributed by atoms with Crippen LogP contribution in [0.25, 0.3) is 10.9 Å². The molecule has 0 atom stereocenters. The Labute approximate surface area is 160 Å². The summed E-state index contributed by atoms with van der Waals surface area (Å²) in [6.07, 6.45) is 6.83. The number of nitrogens with zero attached hydrogens (tertiary/aromatic N) is 2. The number of hydrogen-bond acceptors (Lipinski definition) is 3. The second kappa shape index (κ2) is 7.85. The molecule has 3 heterocycles. The molecule has 0 radical (unpaired) electrons. The van der Waals surface area contributed by atoms with E-state index in [9.17, 15) is 9.59 Å². The van der Waals surface area contributed by atoms with Crippen LogP contribution < -0.4 is 0 Å². The summed E-state index contributed by atoms with van der Waals surface area (Å²) in [5.41, 5.74) is 3.11. The molecule has 2 aliphatic rings. The highest BCUT2D eigenvalue weighted by Crippen LogP contribution is 2.25. The van der Waals surface area contributed by atoms with Crippen molar-refractivity contribution in [3.05, 3.63) is 35.5 Å². The molecule has 5 nitrogen and oxygen atoms in total. The van der Waals surface area contributed by atoms with Gasteiger partial charge in [-0.05, 0) is 50.8 Å². The Balaban J connectivity index is 1.36. The normalized spacial score (nSPS) is 19.1. The van der Waals surface area contributed by atoms with E-state index in [4.69, 9.17) is 0 Å². The molecule has 1 N–H and O–H groups in total. The lowest BCUT2D eigenvalue weighted by Gasteiger charge is -2.32. The van der Waals surface area contributed by atoms with E-state index in [1.807, 2.05) is 23.2 Å². The number of rotatable bonds is 5. The van der Waals surface area contributed by atoms with Gasteiger partial charge in [-0.3, -0.25) is 14.5 Å². The summed E-state index contributed by atoms with van der Waals surface area (Å²) in [6.45, 7) is 6.09. The lowest BCUT2D eigenvalue weighted by molar-refractivity contribution is -0.135. The molecule has 4 rings (SSSR count). The predicted molar refractivity (Wildman–Crippen MR) is 107 cm³/mol. The highest BCUT2D eigenvalue weighted by molar-refractivity contribution is 6.09. The molecule has 1 amide bonds. The fourth-order valence-electron chi connectivity index (χ4n) is 4.56. The Morgan fingerprint density at radius 1 is 1.11 bits per heavy atom. The first-order chi connectivity index (χ1) is 13.2. The van der Waals surface area contributed by atoms with Gasteiger partial charge in [-0.15, -0.1) is 0 Å². The van der Waals surface area contributed by atoms with Crippen LogP contribution in [0.4, 0.5) is 0 Å². The third-order valence-corrected chi connectivity index (χ3v) is 6.20. The first kappa shape index (κ1) is 18.2. The molecule has 0 spiro atoms. The minimum Gasteiger partial charge on any atom is -0.360 e. The lowest BCUT2D eigenvalue weighted by atomic mass is 9.95. The standard InChI is InChI=1S/C22H29N3O2/c1-2-16-6-5-7-18-19(14-23-21(16)18)20(26)15-24-12-8-17(9-13-24)22(27)25-10-3-4-11-25/h5-7,14,17,23H,2-4,8-13,15H2,1H3. The minimum absolute atomic E-state index is 0.148. The molecule has 2 saturated heterocycles. The number of H-pyrrole nitrogens is 1. The summed E-state index contributed by atoms with van der Waals surface area (Å²) in [6, 6.07) is 6.16. The predicted octanol–water partition coefficient (Wildman–Crippen LogP) is 3.25. The van der Waals surface area contributed by atoms with Crippen LogP contribution in [0.2, 0.25) is 0 Å². The molecule has 0 saturated carbocycles. The van der Waals surface area contributed by atoms with Crippen molar-refractivity contribution in [2.45, 2.75) is 39.0 Å². The van der Waals surface area contributed by atoms with Gasteiger partial charge >= 0.3 is 0 Å². The zero-order chi connectivity index (χ0) is 18.8. The molecule has 144 valence electrons. The number of nitrogens with one attached hydrogen (secondary N) is 1. The summed E-state index contributed by atoms with van der Waals surface area (Å²) < 4.78 is 0. The van der Waals surface area contributed by atoms with Gasteiger partial charge in [-0.1, -0.05) is 25.1 Å². The number of hydrogen-bond donors (Lipinski definition) is 1. The molecule has 2 fully saturated rings. The van der Waals surface area contributed by atoms with E-state index in [1.165, 1.54) is 5.56 Å². The number of ketones is 1. The number of aromatic nitrogens is 1. The number of aromatic amines is 1. The maximum atomic E-state index is 12.9. The molecule has 1 aromatic heterocycles. The summed E-state index contributed by atoms with van der Waals surface area (Å²) in [5.74, 6) is 0.649. The monoisotopic (exact) mass is 367 g/mol. The number of piperidine rings is 1. The van der Waals surface area contributed by atoms with Crippen LogP contribution in [-0.4, -0.2) is 59.2 Å². The van der Waals surface area contributed by atoms with E-state index in [0.717, 1.165) is 74.7 Å². The Morgan fingerprint density at radius 2 is 1.85 bits per heavy atom. The maximum Gasteiger partial charge on any atom is 0.225 e. The summed E-state index contributed by atoms with van der Waals surface area (Å²) >= 11 is 0. The Bertz CT molecular complexity index is 827. The molecule has 1 aromatic carbocycles. The topological polar surface area (TPSA) is 56.4 Å². The number of carbonyl (C=O) groups is 2. The number of amides is 1. The van der Waals surface area contributed by atoms with Crippen LogP contribution in [0, 0.1) is 5.92 Å². The van der Waals surface area contributed by atoms with Crippen LogP contribution in [-0.2, 0) is 11.2 Å². The molecule has 2 aromatic rings. The first-order valence-electron chi connectivity index (χ1n) is 10.3. The Kier molecular flexibility index (Phi) is 5.30. The quantitative estimate of drug-likeness (QED) is 0.826. The summed E-state index contributed by atoms with van der Waals surface area (Å²) in [5, 5.41) is 1.03. The third kappa shape index (κ3) is 3.65. The number of benzene rings is 1. The summed E-state index contributed by atoms with van der Waals surface area (Å²) in [7, 11) is 0. The maximum absolute atomic E-state index is 12.9. The van der Waals surface area contributed by atoms with Gasteiger partial charge in [0.25, 0.3) is 0 Å². The van der Waals surface area contributed by atoms with Gasteiger partial charge in [-0.2, -0.15) is 0 Å². The number of fused-ring (bicyclic) bond motifs is 1. The van der Waals surface area contributed by atoms with E-state index in [2.05, 4.69) is 22.9 Å². The van der Waals surface area contributed by atoms with Crippen LogP contribution in [0.5, 0.6) is 0 Å². The highest BCUT2D eigenvalue weighted by atomic mass is 16.2. The zero-order valence-corrected chi connectivity index (χ0v) is 16.2. The molecule has 27 heavy (non-hydrogen) atoms. The first-order valence-corrected chi connectivity index (χ1v) is 10.3. The van der Waals surface area contributed by atoms with Crippen molar-refractivity contribution < 1.29 is 9.59 Å². The molecular formula is C22H29N3O2. The van der Waals surface area contributed by atoms with E-state index in [-0.39, 0.29) is 11.7 Å². The Hall–Kier alpha value is -2.14. The Morgan fingerprint density at radius 3 is 2.56 bits per heavy atom. The second-order valence-electron chi connectivity index (χ2n) is 7.90. The number of aryl methyl sites for hydroxylation is 1. The van der Waals surface area contributed by atoms with Gasteiger partial charge in [0.05, 0.1) is 6.54 Å². The van der Waals surface area contributed by atoms with Gasteiger partial charge in [-0.25, -0.2) is 0 Å². The zero-order valence-electron chi connectivity index (χ0n) is 16.2. The van der Waals surface area contributed by atoms with Gasteiger partial charge in [0.15, 0.2) is 5.78 Å². The van der Waals surface area contributed by atoms with Gasteiger partial charge in [0.2, 0.25) is 5.91 Å². The fourth-order valence-corrected chi connectivity index (χ4v) is 4.56. The number of para-hydroxylation sites is 1. The average molecular weight is 367 g/mol. The van der Waals surface area contributed by atoms with E-state index >= 15 is 0 Å².